The van der Waals surface area contributed by atoms with E-state index in [-0.39, 0.29) is 5.60 Å². The molecule has 2 aromatic rings. The summed E-state index contributed by atoms with van der Waals surface area (Å²) in [5, 5.41) is 5.98. The van der Waals surface area contributed by atoms with Crippen molar-refractivity contribution in [3.8, 4) is 5.75 Å². The van der Waals surface area contributed by atoms with E-state index in [0.717, 1.165) is 31.7 Å². The molecule has 110 valence electrons. The summed E-state index contributed by atoms with van der Waals surface area (Å²) in [7, 11) is 4.34. The highest BCUT2D eigenvalue weighted by atomic mass is 16.5. The lowest BCUT2D eigenvalue weighted by Gasteiger charge is -2.42. The van der Waals surface area contributed by atoms with E-state index in [2.05, 4.69) is 60.7 Å². The van der Waals surface area contributed by atoms with Crippen molar-refractivity contribution in [3.63, 3.8) is 0 Å². The second-order valence-corrected chi connectivity index (χ2v) is 6.60. The van der Waals surface area contributed by atoms with E-state index in [1.165, 1.54) is 16.3 Å². The van der Waals surface area contributed by atoms with Crippen LogP contribution in [0.1, 0.15) is 24.4 Å². The van der Waals surface area contributed by atoms with Crippen molar-refractivity contribution in [2.24, 2.45) is 0 Å². The van der Waals surface area contributed by atoms with Gasteiger partial charge in [0, 0.05) is 36.4 Å². The van der Waals surface area contributed by atoms with E-state index in [4.69, 9.17) is 4.74 Å². The summed E-state index contributed by atoms with van der Waals surface area (Å²) in [6, 6.07) is 13.4. The predicted octanol–water partition coefficient (Wildman–Crippen LogP) is 2.96. The van der Waals surface area contributed by atoms with Gasteiger partial charge in [0.2, 0.25) is 0 Å². The highest BCUT2D eigenvalue weighted by Gasteiger charge is 2.44. The summed E-state index contributed by atoms with van der Waals surface area (Å²) in [5.74, 6) is 1.10. The molecule has 1 saturated heterocycles. The van der Waals surface area contributed by atoms with Crippen LogP contribution in [0.25, 0.3) is 10.8 Å². The van der Waals surface area contributed by atoms with Crippen molar-refractivity contribution < 1.29 is 4.74 Å². The van der Waals surface area contributed by atoms with Crippen LogP contribution < -0.4 is 10.1 Å². The minimum Gasteiger partial charge on any atom is -0.485 e. The number of rotatable bonds is 1. The maximum Gasteiger partial charge on any atom is 0.132 e. The van der Waals surface area contributed by atoms with E-state index in [9.17, 15) is 0 Å². The molecule has 21 heavy (non-hydrogen) atoms. The van der Waals surface area contributed by atoms with E-state index >= 15 is 0 Å². The van der Waals surface area contributed by atoms with Gasteiger partial charge in [0.15, 0.2) is 0 Å². The molecule has 0 radical (unpaired) electrons. The van der Waals surface area contributed by atoms with Crippen LogP contribution in [-0.4, -0.2) is 37.7 Å². The molecule has 0 bridgehead atoms. The Kier molecular flexibility index (Phi) is 2.95. The first-order chi connectivity index (χ1) is 10.2. The van der Waals surface area contributed by atoms with Crippen LogP contribution in [0, 0.1) is 0 Å². The molecule has 2 aliphatic rings. The number of nitrogens with zero attached hydrogens (tertiary/aromatic N) is 1. The van der Waals surface area contributed by atoms with Crippen LogP contribution in [0.2, 0.25) is 0 Å². The van der Waals surface area contributed by atoms with Gasteiger partial charge in [-0.2, -0.15) is 0 Å². The largest absolute Gasteiger partial charge is 0.485 e. The molecule has 2 aromatic carbocycles. The molecule has 0 aliphatic carbocycles. The van der Waals surface area contributed by atoms with Crippen molar-refractivity contribution in [2.45, 2.75) is 24.5 Å². The molecule has 1 spiro atoms. The van der Waals surface area contributed by atoms with Crippen LogP contribution in [0.3, 0.4) is 0 Å². The molecule has 3 nitrogen and oxygen atoms in total. The van der Waals surface area contributed by atoms with E-state index in [0.29, 0.717) is 6.04 Å². The van der Waals surface area contributed by atoms with Crippen LogP contribution in [0.4, 0.5) is 0 Å². The zero-order chi connectivity index (χ0) is 14.4. The lowest BCUT2D eigenvalue weighted by Crippen LogP contribution is -2.45. The number of fused-ring (bicyclic) bond motifs is 3. The first-order valence-electron chi connectivity index (χ1n) is 7.76. The fourth-order valence-corrected chi connectivity index (χ4v) is 3.80. The zero-order valence-corrected chi connectivity index (χ0v) is 12.7. The molecule has 0 amide bonds. The fourth-order valence-electron chi connectivity index (χ4n) is 3.80. The van der Waals surface area contributed by atoms with Gasteiger partial charge in [-0.05, 0) is 26.0 Å². The van der Waals surface area contributed by atoms with Crippen LogP contribution in [0.5, 0.6) is 5.75 Å². The van der Waals surface area contributed by atoms with Crippen molar-refractivity contribution in [1.82, 2.24) is 10.2 Å². The minimum absolute atomic E-state index is 0.0357. The average Bonchev–Trinajstić information content (AvgIpc) is 2.94. The highest BCUT2D eigenvalue weighted by molar-refractivity contribution is 5.90. The van der Waals surface area contributed by atoms with Gasteiger partial charge in [-0.1, -0.05) is 36.4 Å². The van der Waals surface area contributed by atoms with Crippen LogP contribution in [-0.2, 0) is 0 Å². The second-order valence-electron chi connectivity index (χ2n) is 6.60. The van der Waals surface area contributed by atoms with Gasteiger partial charge in [-0.3, -0.25) is 0 Å². The monoisotopic (exact) mass is 282 g/mol. The molecule has 3 heteroatoms. The Hall–Kier alpha value is -1.58. The minimum atomic E-state index is -0.0357. The standard InChI is InChI=1S/C18H22N2O/c1-20(2)16-11-18(9-10-19-12-18)21-17-14-6-4-3-5-13(14)7-8-15(16)17/h3-8,16,19H,9-12H2,1-2H3. The number of hydrogen-bond donors (Lipinski definition) is 1. The molecule has 1 fully saturated rings. The number of ether oxygens (including phenoxy) is 1. The summed E-state index contributed by atoms with van der Waals surface area (Å²) >= 11 is 0. The fraction of sp³-hybridized carbons (Fsp3) is 0.444. The SMILES string of the molecule is CN(C)C1CC2(CCNC2)Oc2c1ccc1ccccc21. The van der Waals surface area contributed by atoms with Crippen molar-refractivity contribution >= 4 is 10.8 Å². The second kappa shape index (κ2) is 4.72. The predicted molar refractivity (Wildman–Crippen MR) is 85.8 cm³/mol. The molecule has 4 rings (SSSR count). The van der Waals surface area contributed by atoms with Crippen LogP contribution >= 0.6 is 0 Å². The summed E-state index contributed by atoms with van der Waals surface area (Å²) < 4.78 is 6.58. The number of hydrogen-bond acceptors (Lipinski definition) is 3. The average molecular weight is 282 g/mol. The first-order valence-corrected chi connectivity index (χ1v) is 7.76. The topological polar surface area (TPSA) is 24.5 Å². The van der Waals surface area contributed by atoms with Crippen molar-refractivity contribution in [1.29, 1.82) is 0 Å². The third-order valence-corrected chi connectivity index (χ3v) is 4.98. The Labute approximate surface area is 125 Å². The molecular formula is C18H22N2O. The lowest BCUT2D eigenvalue weighted by molar-refractivity contribution is 0.0306. The Morgan fingerprint density at radius 1 is 1.19 bits per heavy atom. The summed E-state index contributed by atoms with van der Waals surface area (Å²) in [6.45, 7) is 2.01. The number of benzene rings is 2. The maximum atomic E-state index is 6.58. The van der Waals surface area contributed by atoms with Gasteiger partial charge in [0.05, 0.1) is 0 Å². The third kappa shape index (κ3) is 2.03. The van der Waals surface area contributed by atoms with Gasteiger partial charge in [-0.25, -0.2) is 0 Å². The maximum absolute atomic E-state index is 6.58. The molecule has 1 N–H and O–H groups in total. The van der Waals surface area contributed by atoms with Gasteiger partial charge in [-0.15, -0.1) is 0 Å². The Balaban J connectivity index is 1.92. The molecule has 2 atom stereocenters. The van der Waals surface area contributed by atoms with Gasteiger partial charge in [0.25, 0.3) is 0 Å². The quantitative estimate of drug-likeness (QED) is 0.870. The van der Waals surface area contributed by atoms with E-state index in [1.807, 2.05) is 0 Å². The third-order valence-electron chi connectivity index (χ3n) is 4.98. The Bertz CT molecular complexity index is 674. The molecular weight excluding hydrogens is 260 g/mol. The van der Waals surface area contributed by atoms with E-state index < -0.39 is 0 Å². The van der Waals surface area contributed by atoms with Gasteiger partial charge < -0.3 is 15.0 Å². The van der Waals surface area contributed by atoms with Gasteiger partial charge >= 0.3 is 0 Å². The smallest absolute Gasteiger partial charge is 0.132 e. The molecule has 2 aliphatic heterocycles. The molecule has 2 heterocycles. The Morgan fingerprint density at radius 3 is 2.81 bits per heavy atom. The molecule has 2 unspecified atom stereocenters. The summed E-state index contributed by atoms with van der Waals surface area (Å²) in [5.41, 5.74) is 1.29. The molecule has 0 saturated carbocycles. The molecule has 0 aromatic heterocycles. The van der Waals surface area contributed by atoms with E-state index in [1.54, 1.807) is 0 Å². The first kappa shape index (κ1) is 13.1. The lowest BCUT2D eigenvalue weighted by atomic mass is 9.84. The highest BCUT2D eigenvalue weighted by Crippen LogP contribution is 2.47. The van der Waals surface area contributed by atoms with Crippen LogP contribution in [0.15, 0.2) is 36.4 Å². The van der Waals surface area contributed by atoms with Crippen molar-refractivity contribution in [3.05, 3.63) is 42.0 Å². The van der Waals surface area contributed by atoms with Crippen molar-refractivity contribution in [2.75, 3.05) is 27.2 Å². The zero-order valence-electron chi connectivity index (χ0n) is 12.7. The summed E-state index contributed by atoms with van der Waals surface area (Å²) in [6.07, 6.45) is 2.17. The van der Waals surface area contributed by atoms with Gasteiger partial charge in [0.1, 0.15) is 11.4 Å². The summed E-state index contributed by atoms with van der Waals surface area (Å²) in [4.78, 5) is 2.33. The Morgan fingerprint density at radius 2 is 2.05 bits per heavy atom. The normalized spacial score (nSPS) is 28.0. The number of nitrogens with one attached hydrogen (secondary N) is 1.